The van der Waals surface area contributed by atoms with Crippen LogP contribution in [0.5, 0.6) is 11.5 Å². The summed E-state index contributed by atoms with van der Waals surface area (Å²) in [7, 11) is 1.58. The van der Waals surface area contributed by atoms with Crippen molar-refractivity contribution in [3.8, 4) is 11.5 Å². The molecule has 4 nitrogen and oxygen atoms in total. The van der Waals surface area contributed by atoms with Crippen molar-refractivity contribution in [2.24, 2.45) is 0 Å². The molecule has 2 saturated heterocycles. The summed E-state index contributed by atoms with van der Waals surface area (Å²) in [4.78, 5) is 5.18. The van der Waals surface area contributed by atoms with Crippen molar-refractivity contribution in [3.05, 3.63) is 23.8 Å². The number of hydrogen-bond acceptors (Lipinski definition) is 4. The first-order valence-corrected chi connectivity index (χ1v) is 8.08. The van der Waals surface area contributed by atoms with Crippen LogP contribution >= 0.6 is 0 Å². The number of phenols is 1. The van der Waals surface area contributed by atoms with E-state index >= 15 is 0 Å². The molecule has 1 atom stereocenters. The van der Waals surface area contributed by atoms with Gasteiger partial charge in [0.15, 0.2) is 11.5 Å². The Morgan fingerprint density at radius 3 is 2.71 bits per heavy atom. The average Bonchev–Trinajstić information content (AvgIpc) is 2.97. The molecular weight excluding hydrogens is 264 g/mol. The van der Waals surface area contributed by atoms with Gasteiger partial charge in [0, 0.05) is 25.7 Å². The predicted octanol–water partition coefficient (Wildman–Crippen LogP) is 2.46. The largest absolute Gasteiger partial charge is 0.504 e. The minimum absolute atomic E-state index is 0.238. The van der Waals surface area contributed by atoms with E-state index in [0.29, 0.717) is 5.75 Å². The Balaban J connectivity index is 1.55. The molecule has 2 fully saturated rings. The second-order valence-corrected chi connectivity index (χ2v) is 6.28. The van der Waals surface area contributed by atoms with E-state index in [9.17, 15) is 5.11 Å². The van der Waals surface area contributed by atoms with Gasteiger partial charge in [-0.15, -0.1) is 0 Å². The summed E-state index contributed by atoms with van der Waals surface area (Å²) < 4.78 is 5.10. The van der Waals surface area contributed by atoms with E-state index in [0.717, 1.165) is 31.2 Å². The van der Waals surface area contributed by atoms with Gasteiger partial charge >= 0.3 is 0 Å². The van der Waals surface area contributed by atoms with Crippen LogP contribution in [0.15, 0.2) is 18.2 Å². The van der Waals surface area contributed by atoms with E-state index in [-0.39, 0.29) is 5.75 Å². The van der Waals surface area contributed by atoms with Gasteiger partial charge < -0.3 is 9.84 Å². The van der Waals surface area contributed by atoms with Crippen molar-refractivity contribution in [2.45, 2.75) is 38.3 Å². The van der Waals surface area contributed by atoms with Gasteiger partial charge in [0.25, 0.3) is 0 Å². The Bertz CT molecular complexity index is 472. The third-order valence-corrected chi connectivity index (χ3v) is 4.80. The van der Waals surface area contributed by atoms with Crippen molar-refractivity contribution in [1.29, 1.82) is 0 Å². The minimum atomic E-state index is 0.238. The van der Waals surface area contributed by atoms with Gasteiger partial charge in [0.1, 0.15) is 0 Å². The van der Waals surface area contributed by atoms with E-state index in [2.05, 4.69) is 9.80 Å². The highest BCUT2D eigenvalue weighted by Gasteiger charge is 2.28. The second kappa shape index (κ2) is 6.67. The van der Waals surface area contributed by atoms with Crippen molar-refractivity contribution in [1.82, 2.24) is 9.80 Å². The van der Waals surface area contributed by atoms with Crippen molar-refractivity contribution in [2.75, 3.05) is 33.3 Å². The predicted molar refractivity (Wildman–Crippen MR) is 83.8 cm³/mol. The molecule has 2 aliphatic heterocycles. The molecule has 1 aromatic rings. The number of methoxy groups -OCH3 is 1. The summed E-state index contributed by atoms with van der Waals surface area (Å²) in [5, 5.41) is 9.87. The number of ether oxygens (including phenoxy) is 1. The van der Waals surface area contributed by atoms with Gasteiger partial charge in [-0.1, -0.05) is 12.5 Å². The van der Waals surface area contributed by atoms with E-state index < -0.39 is 0 Å². The van der Waals surface area contributed by atoms with Gasteiger partial charge in [-0.05, 0) is 50.0 Å². The number of hydrogen-bond donors (Lipinski definition) is 1. The van der Waals surface area contributed by atoms with Crippen molar-refractivity contribution >= 4 is 0 Å². The maximum absolute atomic E-state index is 9.87. The summed E-state index contributed by atoms with van der Waals surface area (Å²) >= 11 is 0. The molecular formula is C17H26N2O2. The lowest BCUT2D eigenvalue weighted by molar-refractivity contribution is 0.161. The van der Waals surface area contributed by atoms with Crippen LogP contribution in [0.2, 0.25) is 0 Å². The highest BCUT2D eigenvalue weighted by atomic mass is 16.5. The van der Waals surface area contributed by atoms with Gasteiger partial charge in [-0.2, -0.15) is 0 Å². The van der Waals surface area contributed by atoms with Crippen LogP contribution in [0.4, 0.5) is 0 Å². The first kappa shape index (κ1) is 14.7. The Labute approximate surface area is 127 Å². The van der Waals surface area contributed by atoms with E-state index in [1.807, 2.05) is 18.2 Å². The quantitative estimate of drug-likeness (QED) is 0.924. The zero-order valence-corrected chi connectivity index (χ0v) is 12.9. The Kier molecular flexibility index (Phi) is 4.66. The highest BCUT2D eigenvalue weighted by Crippen LogP contribution is 2.28. The summed E-state index contributed by atoms with van der Waals surface area (Å²) in [5.41, 5.74) is 1.16. The lowest BCUT2D eigenvalue weighted by Crippen LogP contribution is -2.40. The van der Waals surface area contributed by atoms with Crippen LogP contribution in [-0.4, -0.2) is 54.2 Å². The molecule has 3 rings (SSSR count). The number of rotatable bonds is 4. The molecule has 0 spiro atoms. The minimum Gasteiger partial charge on any atom is -0.504 e. The average molecular weight is 290 g/mol. The van der Waals surface area contributed by atoms with E-state index in [1.54, 1.807) is 7.11 Å². The first-order valence-electron chi connectivity index (χ1n) is 8.08. The van der Waals surface area contributed by atoms with E-state index in [1.165, 1.54) is 38.8 Å². The van der Waals surface area contributed by atoms with Gasteiger partial charge in [0.05, 0.1) is 7.11 Å². The van der Waals surface area contributed by atoms with E-state index in [4.69, 9.17) is 4.74 Å². The molecule has 0 aromatic heterocycles. The molecule has 4 heteroatoms. The summed E-state index contributed by atoms with van der Waals surface area (Å²) in [6.45, 7) is 5.80. The normalized spacial score (nSPS) is 24.3. The summed E-state index contributed by atoms with van der Waals surface area (Å²) in [6, 6.07) is 6.46. The fourth-order valence-electron chi connectivity index (χ4n) is 3.63. The Morgan fingerprint density at radius 2 is 2.00 bits per heavy atom. The van der Waals surface area contributed by atoms with Crippen LogP contribution < -0.4 is 4.74 Å². The van der Waals surface area contributed by atoms with Crippen molar-refractivity contribution < 1.29 is 9.84 Å². The SMILES string of the molecule is COc1ccc(CN2CCC(N3CCCCC3)C2)cc1O. The second-order valence-electron chi connectivity index (χ2n) is 6.28. The third-order valence-electron chi connectivity index (χ3n) is 4.80. The number of benzene rings is 1. The monoisotopic (exact) mass is 290 g/mol. The van der Waals surface area contributed by atoms with Crippen LogP contribution in [-0.2, 0) is 6.54 Å². The molecule has 1 N–H and O–H groups in total. The molecule has 116 valence electrons. The maximum atomic E-state index is 9.87. The van der Waals surface area contributed by atoms with Gasteiger partial charge in [-0.25, -0.2) is 0 Å². The highest BCUT2D eigenvalue weighted by molar-refractivity contribution is 5.41. The number of phenolic OH excluding ortho intramolecular Hbond substituents is 1. The zero-order valence-electron chi connectivity index (χ0n) is 12.9. The number of piperidine rings is 1. The molecule has 0 amide bonds. The maximum Gasteiger partial charge on any atom is 0.160 e. The number of likely N-dealkylation sites (tertiary alicyclic amines) is 2. The van der Waals surface area contributed by atoms with Gasteiger partial charge in [0.2, 0.25) is 0 Å². The number of nitrogens with zero attached hydrogens (tertiary/aromatic N) is 2. The molecule has 1 aromatic carbocycles. The first-order chi connectivity index (χ1) is 10.3. The molecule has 2 heterocycles. The molecule has 2 aliphatic rings. The van der Waals surface area contributed by atoms with Crippen LogP contribution in [0.25, 0.3) is 0 Å². The Hall–Kier alpha value is -1.26. The smallest absolute Gasteiger partial charge is 0.160 e. The molecule has 21 heavy (non-hydrogen) atoms. The molecule has 0 saturated carbocycles. The fourth-order valence-corrected chi connectivity index (χ4v) is 3.63. The zero-order chi connectivity index (χ0) is 14.7. The van der Waals surface area contributed by atoms with Gasteiger partial charge in [-0.3, -0.25) is 9.80 Å². The van der Waals surface area contributed by atoms with Crippen LogP contribution in [0.3, 0.4) is 0 Å². The topological polar surface area (TPSA) is 35.9 Å². The summed E-state index contributed by atoms with van der Waals surface area (Å²) in [6.07, 6.45) is 5.41. The van der Waals surface area contributed by atoms with Crippen LogP contribution in [0.1, 0.15) is 31.2 Å². The lowest BCUT2D eigenvalue weighted by atomic mass is 10.1. The standard InChI is InChI=1S/C17H26N2O2/c1-21-17-6-5-14(11-16(17)20)12-18-10-7-15(13-18)19-8-3-2-4-9-19/h5-6,11,15,20H,2-4,7-10,12-13H2,1H3. The van der Waals surface area contributed by atoms with Crippen molar-refractivity contribution in [3.63, 3.8) is 0 Å². The molecule has 0 aliphatic carbocycles. The fraction of sp³-hybridized carbons (Fsp3) is 0.647. The molecule has 0 bridgehead atoms. The molecule has 1 unspecified atom stereocenters. The third kappa shape index (κ3) is 3.50. The summed E-state index contributed by atoms with van der Waals surface area (Å²) in [5.74, 6) is 0.785. The number of aromatic hydroxyl groups is 1. The molecule has 0 radical (unpaired) electrons. The Morgan fingerprint density at radius 1 is 1.19 bits per heavy atom. The lowest BCUT2D eigenvalue weighted by Gasteiger charge is -2.32. The van der Waals surface area contributed by atoms with Crippen LogP contribution in [0, 0.1) is 0 Å².